The maximum Gasteiger partial charge on any atom is 0.267 e. The quantitative estimate of drug-likeness (QED) is 0.713. The van der Waals surface area contributed by atoms with Gasteiger partial charge in [0.2, 0.25) is 0 Å². The Balaban J connectivity index is 2.49. The third-order valence-corrected chi connectivity index (χ3v) is 2.10. The lowest BCUT2D eigenvalue weighted by Gasteiger charge is -2.07. The van der Waals surface area contributed by atoms with Gasteiger partial charge in [0.25, 0.3) is 5.91 Å². The van der Waals surface area contributed by atoms with Crippen LogP contribution in [0, 0.1) is 0 Å². The molecule has 0 aliphatic heterocycles. The molecule has 88 valence electrons. The molecule has 1 amide bonds. The molecule has 0 radical (unpaired) electrons. The molecule has 17 heavy (non-hydrogen) atoms. The van der Waals surface area contributed by atoms with Crippen molar-refractivity contribution in [3.8, 4) is 5.82 Å². The van der Waals surface area contributed by atoms with Gasteiger partial charge in [-0.2, -0.15) is 9.78 Å². The van der Waals surface area contributed by atoms with E-state index in [1.807, 2.05) is 0 Å². The number of nitrogens with two attached hydrogens (primary N) is 2. The predicted molar refractivity (Wildman–Crippen MR) is 58.1 cm³/mol. The van der Waals surface area contributed by atoms with Gasteiger partial charge >= 0.3 is 0 Å². The van der Waals surface area contributed by atoms with E-state index >= 15 is 0 Å². The van der Waals surface area contributed by atoms with E-state index in [-0.39, 0.29) is 11.7 Å². The summed E-state index contributed by atoms with van der Waals surface area (Å²) < 4.78 is 1.44. The molecule has 2 heterocycles. The highest BCUT2D eigenvalue weighted by molar-refractivity contribution is 5.90. The van der Waals surface area contributed by atoms with Crippen LogP contribution >= 0.6 is 0 Å². The molecular weight excluding hydrogens is 222 g/mol. The number of hydrogen-bond donors (Lipinski definition) is 2. The van der Waals surface area contributed by atoms with Crippen molar-refractivity contribution in [2.45, 2.75) is 13.0 Å². The van der Waals surface area contributed by atoms with Crippen LogP contribution in [-0.2, 0) is 0 Å². The number of rotatable bonds is 3. The Labute approximate surface area is 96.7 Å². The Morgan fingerprint density at radius 3 is 2.76 bits per heavy atom. The van der Waals surface area contributed by atoms with Crippen LogP contribution in [0.3, 0.4) is 0 Å². The molecule has 2 aromatic heterocycles. The van der Waals surface area contributed by atoms with Gasteiger partial charge in [0.1, 0.15) is 18.3 Å². The highest BCUT2D eigenvalue weighted by atomic mass is 16.1. The lowest BCUT2D eigenvalue weighted by atomic mass is 10.3. The number of amides is 1. The van der Waals surface area contributed by atoms with Gasteiger partial charge in [-0.3, -0.25) is 4.79 Å². The Hall–Kier alpha value is -2.35. The highest BCUT2D eigenvalue weighted by Crippen LogP contribution is 2.10. The van der Waals surface area contributed by atoms with E-state index < -0.39 is 5.91 Å². The molecule has 0 aromatic carbocycles. The first-order chi connectivity index (χ1) is 8.09. The summed E-state index contributed by atoms with van der Waals surface area (Å²) in [7, 11) is 0. The normalized spacial score (nSPS) is 12.4. The average molecular weight is 233 g/mol. The minimum absolute atomic E-state index is 0.112. The van der Waals surface area contributed by atoms with E-state index in [0.717, 1.165) is 0 Å². The molecule has 4 N–H and O–H groups in total. The van der Waals surface area contributed by atoms with E-state index in [1.54, 1.807) is 6.92 Å². The fraction of sp³-hybridized carbons (Fsp3) is 0.222. The van der Waals surface area contributed by atoms with E-state index in [1.165, 1.54) is 23.4 Å². The van der Waals surface area contributed by atoms with E-state index in [2.05, 4.69) is 20.1 Å². The lowest BCUT2D eigenvalue weighted by Crippen LogP contribution is -2.17. The van der Waals surface area contributed by atoms with Crippen molar-refractivity contribution in [1.82, 2.24) is 24.7 Å². The standard InChI is InChI=1S/C9H11N7O/c1-5(10)9-14-4-15-16(9)7-2-6(8(11)17)12-3-13-7/h2-5H,10H2,1H3,(H2,11,17)/t5-/m0/s1. The van der Waals surface area contributed by atoms with Crippen LogP contribution in [0.2, 0.25) is 0 Å². The molecule has 0 spiro atoms. The minimum Gasteiger partial charge on any atom is -0.364 e. The first-order valence-electron chi connectivity index (χ1n) is 4.87. The largest absolute Gasteiger partial charge is 0.364 e. The number of nitrogens with zero attached hydrogens (tertiary/aromatic N) is 5. The third kappa shape index (κ3) is 2.11. The van der Waals surface area contributed by atoms with Crippen LogP contribution in [0.15, 0.2) is 18.7 Å². The van der Waals surface area contributed by atoms with Gasteiger partial charge in [0.05, 0.1) is 6.04 Å². The molecule has 0 bridgehead atoms. The molecular formula is C9H11N7O. The summed E-state index contributed by atoms with van der Waals surface area (Å²) >= 11 is 0. The molecule has 0 aliphatic carbocycles. The van der Waals surface area contributed by atoms with Crippen LogP contribution in [0.1, 0.15) is 29.3 Å². The van der Waals surface area contributed by atoms with Gasteiger partial charge in [-0.1, -0.05) is 0 Å². The molecule has 8 heteroatoms. The van der Waals surface area contributed by atoms with Gasteiger partial charge in [-0.15, -0.1) is 0 Å². The van der Waals surface area contributed by atoms with E-state index in [0.29, 0.717) is 11.6 Å². The minimum atomic E-state index is -0.629. The monoisotopic (exact) mass is 233 g/mol. The van der Waals surface area contributed by atoms with Gasteiger partial charge < -0.3 is 11.5 Å². The first kappa shape index (κ1) is 11.1. The Morgan fingerprint density at radius 2 is 2.12 bits per heavy atom. The van der Waals surface area contributed by atoms with Gasteiger partial charge in [0, 0.05) is 6.07 Å². The molecule has 2 aromatic rings. The topological polar surface area (TPSA) is 126 Å². The Kier molecular flexibility index (Phi) is 2.79. The fourth-order valence-corrected chi connectivity index (χ4v) is 1.34. The van der Waals surface area contributed by atoms with Crippen molar-refractivity contribution in [2.75, 3.05) is 0 Å². The summed E-state index contributed by atoms with van der Waals surface area (Å²) in [5.74, 6) is 0.314. The van der Waals surface area contributed by atoms with Crippen LogP contribution in [-0.4, -0.2) is 30.6 Å². The summed E-state index contributed by atoms with van der Waals surface area (Å²) in [6.07, 6.45) is 2.60. The summed E-state index contributed by atoms with van der Waals surface area (Å²) in [6.45, 7) is 1.77. The SMILES string of the molecule is C[C@H](N)c1ncnn1-c1cc(C(N)=O)ncn1. The number of aromatic nitrogens is 5. The van der Waals surface area contributed by atoms with Gasteiger partial charge in [-0.05, 0) is 6.92 Å². The molecule has 0 saturated heterocycles. The second-order valence-electron chi connectivity index (χ2n) is 3.44. The zero-order valence-electron chi connectivity index (χ0n) is 9.11. The summed E-state index contributed by atoms with van der Waals surface area (Å²) in [6, 6.07) is 1.13. The van der Waals surface area contributed by atoms with Crippen LogP contribution < -0.4 is 11.5 Å². The Morgan fingerprint density at radius 1 is 1.35 bits per heavy atom. The van der Waals surface area contributed by atoms with Crippen molar-refractivity contribution < 1.29 is 4.79 Å². The van der Waals surface area contributed by atoms with Crippen molar-refractivity contribution in [1.29, 1.82) is 0 Å². The van der Waals surface area contributed by atoms with Crippen molar-refractivity contribution >= 4 is 5.91 Å². The fourth-order valence-electron chi connectivity index (χ4n) is 1.34. The maximum atomic E-state index is 11.0. The maximum absolute atomic E-state index is 11.0. The number of carbonyl (C=O) groups is 1. The van der Waals surface area contributed by atoms with Crippen molar-refractivity contribution in [2.24, 2.45) is 11.5 Å². The molecule has 0 fully saturated rings. The second kappa shape index (κ2) is 4.26. The van der Waals surface area contributed by atoms with E-state index in [9.17, 15) is 4.79 Å². The first-order valence-corrected chi connectivity index (χ1v) is 4.87. The molecule has 1 atom stereocenters. The Bertz CT molecular complexity index is 548. The zero-order chi connectivity index (χ0) is 12.4. The van der Waals surface area contributed by atoms with Crippen molar-refractivity contribution in [3.05, 3.63) is 30.2 Å². The highest BCUT2D eigenvalue weighted by Gasteiger charge is 2.13. The predicted octanol–water partition coefficient (Wildman–Crippen LogP) is -0.824. The number of hydrogen-bond acceptors (Lipinski definition) is 6. The molecule has 0 saturated carbocycles. The van der Waals surface area contributed by atoms with E-state index in [4.69, 9.17) is 11.5 Å². The summed E-state index contributed by atoms with van der Waals surface area (Å²) in [4.78, 5) is 22.8. The number of primary amides is 1. The summed E-state index contributed by atoms with van der Waals surface area (Å²) in [5.41, 5.74) is 11.0. The molecule has 0 aliphatic rings. The molecule has 0 unspecified atom stereocenters. The molecule has 2 rings (SSSR count). The van der Waals surface area contributed by atoms with Crippen LogP contribution in [0.5, 0.6) is 0 Å². The average Bonchev–Trinajstić information content (AvgIpc) is 2.78. The number of carbonyl (C=O) groups excluding carboxylic acids is 1. The van der Waals surface area contributed by atoms with Crippen LogP contribution in [0.4, 0.5) is 0 Å². The summed E-state index contributed by atoms with van der Waals surface area (Å²) in [5, 5.41) is 3.99. The molecule has 8 nitrogen and oxygen atoms in total. The zero-order valence-corrected chi connectivity index (χ0v) is 9.11. The lowest BCUT2D eigenvalue weighted by molar-refractivity contribution is 0.0995. The van der Waals surface area contributed by atoms with Gasteiger partial charge in [-0.25, -0.2) is 15.0 Å². The van der Waals surface area contributed by atoms with Crippen LogP contribution in [0.25, 0.3) is 5.82 Å². The smallest absolute Gasteiger partial charge is 0.267 e. The van der Waals surface area contributed by atoms with Crippen molar-refractivity contribution in [3.63, 3.8) is 0 Å². The second-order valence-corrected chi connectivity index (χ2v) is 3.44. The van der Waals surface area contributed by atoms with Gasteiger partial charge in [0.15, 0.2) is 11.6 Å². The third-order valence-electron chi connectivity index (χ3n) is 2.10.